The van der Waals surface area contributed by atoms with Gasteiger partial charge in [-0.05, 0) is 104 Å². The van der Waals surface area contributed by atoms with E-state index in [0.29, 0.717) is 5.56 Å². The van der Waals surface area contributed by atoms with Gasteiger partial charge in [-0.1, -0.05) is 103 Å². The monoisotopic (exact) mass is 599 g/mol. The molecular weight excluding hydrogens is 574 g/mol. The fraction of sp³-hybridized carbons (Fsp3) is 0.0732. The number of para-hydroxylation sites is 1. The Bertz CT molecular complexity index is 2300. The van der Waals surface area contributed by atoms with Crippen LogP contribution in [-0.4, -0.2) is 6.71 Å². The average Bonchev–Trinajstić information content (AvgIpc) is 3.42. The standard InChI is InChI=1S/C41H25BF3N/c43-41(44,45)33-12-3-1-10-30(33)28-22-32-31-11-2-4-13-34(31)42-35-14-5-6-15-36(35)46(37(23-28)40(32)42)29-20-26-18-16-24-8-7-9-25-17-19-27(21-29)39(26)38(24)25/h1-18,20-23,38H,19H2. The van der Waals surface area contributed by atoms with Gasteiger partial charge in [0.1, 0.15) is 0 Å². The van der Waals surface area contributed by atoms with Crippen LogP contribution < -0.4 is 21.3 Å². The summed E-state index contributed by atoms with van der Waals surface area (Å²) in [5.74, 6) is 0.252. The van der Waals surface area contributed by atoms with E-state index in [1.54, 1.807) is 12.1 Å². The third kappa shape index (κ3) is 3.48. The molecule has 0 amide bonds. The summed E-state index contributed by atoms with van der Waals surface area (Å²) in [6, 6.07) is 31.4. The molecule has 0 fully saturated rings. The third-order valence-corrected chi connectivity index (χ3v) is 10.4. The maximum absolute atomic E-state index is 14.4. The van der Waals surface area contributed by atoms with Crippen LogP contribution in [0.15, 0.2) is 139 Å². The zero-order chi connectivity index (χ0) is 30.7. The van der Waals surface area contributed by atoms with Gasteiger partial charge in [0.25, 0.3) is 0 Å². The van der Waals surface area contributed by atoms with Crippen LogP contribution in [0, 0.1) is 0 Å². The summed E-state index contributed by atoms with van der Waals surface area (Å²) in [6.07, 6.45) is 9.72. The van der Waals surface area contributed by atoms with Crippen LogP contribution in [0.4, 0.5) is 30.2 Å². The molecule has 218 valence electrons. The summed E-state index contributed by atoms with van der Waals surface area (Å²) in [7, 11) is 0. The quantitative estimate of drug-likeness (QED) is 0.180. The van der Waals surface area contributed by atoms with Gasteiger partial charge in [0.05, 0.1) is 5.56 Å². The Hall–Kier alpha value is -5.29. The number of alkyl halides is 3. The van der Waals surface area contributed by atoms with Crippen LogP contribution in [0.5, 0.6) is 0 Å². The summed E-state index contributed by atoms with van der Waals surface area (Å²) in [4.78, 5) is 2.30. The molecule has 46 heavy (non-hydrogen) atoms. The highest BCUT2D eigenvalue weighted by molar-refractivity contribution is 7.01. The number of halogens is 3. The summed E-state index contributed by atoms with van der Waals surface area (Å²) in [5, 5.41) is 0. The zero-order valence-electron chi connectivity index (χ0n) is 24.6. The largest absolute Gasteiger partial charge is 0.417 e. The van der Waals surface area contributed by atoms with Gasteiger partial charge >= 0.3 is 6.18 Å². The molecule has 3 aliphatic carbocycles. The topological polar surface area (TPSA) is 3.24 Å². The maximum Gasteiger partial charge on any atom is 0.417 e. The Morgan fingerprint density at radius 2 is 1.48 bits per heavy atom. The highest BCUT2D eigenvalue weighted by Crippen LogP contribution is 2.50. The number of benzene rings is 5. The lowest BCUT2D eigenvalue weighted by Crippen LogP contribution is -2.54. The maximum atomic E-state index is 14.4. The van der Waals surface area contributed by atoms with Crippen molar-refractivity contribution in [3.63, 3.8) is 0 Å². The van der Waals surface area contributed by atoms with Crippen molar-refractivity contribution < 1.29 is 13.2 Å². The Labute approximate surface area is 265 Å². The van der Waals surface area contributed by atoms with Gasteiger partial charge in [0.15, 0.2) is 0 Å². The lowest BCUT2D eigenvalue weighted by atomic mass is 9.37. The lowest BCUT2D eigenvalue weighted by Gasteiger charge is -2.38. The van der Waals surface area contributed by atoms with Crippen LogP contribution in [0.2, 0.25) is 0 Å². The Kier molecular flexibility index (Phi) is 5.16. The molecule has 0 N–H and O–H groups in total. The molecule has 0 spiro atoms. The van der Waals surface area contributed by atoms with E-state index in [1.165, 1.54) is 50.9 Å². The number of nitrogens with zero attached hydrogens (tertiary/aromatic N) is 1. The Balaban J connectivity index is 1.26. The summed E-state index contributed by atoms with van der Waals surface area (Å²) >= 11 is 0. The summed E-state index contributed by atoms with van der Waals surface area (Å²) in [5.41, 5.74) is 15.3. The average molecular weight is 599 g/mol. The molecule has 0 saturated carbocycles. The van der Waals surface area contributed by atoms with Gasteiger partial charge in [-0.3, -0.25) is 0 Å². The molecular formula is C41H25BF3N. The Morgan fingerprint density at radius 1 is 0.696 bits per heavy atom. The number of hydrogen-bond acceptors (Lipinski definition) is 1. The molecule has 1 unspecified atom stereocenters. The third-order valence-electron chi connectivity index (χ3n) is 10.4. The summed E-state index contributed by atoms with van der Waals surface area (Å²) in [6.45, 7) is 0.00338. The molecule has 2 heterocycles. The predicted octanol–water partition coefficient (Wildman–Crippen LogP) is 8.74. The Morgan fingerprint density at radius 3 is 2.35 bits per heavy atom. The second kappa shape index (κ2) is 9.14. The van der Waals surface area contributed by atoms with Crippen LogP contribution in [-0.2, 0) is 12.6 Å². The molecule has 10 rings (SSSR count). The minimum Gasteiger partial charge on any atom is -0.311 e. The van der Waals surface area contributed by atoms with E-state index < -0.39 is 11.7 Å². The smallest absolute Gasteiger partial charge is 0.311 e. The molecule has 5 aromatic rings. The predicted molar refractivity (Wildman–Crippen MR) is 182 cm³/mol. The first-order valence-electron chi connectivity index (χ1n) is 15.7. The lowest BCUT2D eigenvalue weighted by molar-refractivity contribution is -0.137. The van der Waals surface area contributed by atoms with E-state index in [2.05, 4.69) is 96.0 Å². The molecule has 0 saturated heterocycles. The van der Waals surface area contributed by atoms with Crippen LogP contribution in [0.25, 0.3) is 28.3 Å². The minimum absolute atomic E-state index is 0.00338. The van der Waals surface area contributed by atoms with E-state index in [0.717, 1.165) is 40.1 Å². The molecule has 0 bridgehead atoms. The van der Waals surface area contributed by atoms with E-state index in [-0.39, 0.29) is 18.2 Å². The van der Waals surface area contributed by atoms with Crippen LogP contribution >= 0.6 is 0 Å². The van der Waals surface area contributed by atoms with Crippen LogP contribution in [0.1, 0.15) is 28.2 Å². The minimum atomic E-state index is -4.47. The normalized spacial score (nSPS) is 17.6. The van der Waals surface area contributed by atoms with Crippen molar-refractivity contribution in [2.45, 2.75) is 18.5 Å². The molecule has 0 aromatic heterocycles. The van der Waals surface area contributed by atoms with E-state index >= 15 is 0 Å². The van der Waals surface area contributed by atoms with Gasteiger partial charge in [0, 0.05) is 23.0 Å². The zero-order valence-corrected chi connectivity index (χ0v) is 24.6. The van der Waals surface area contributed by atoms with Crippen molar-refractivity contribution in [2.75, 3.05) is 4.90 Å². The highest BCUT2D eigenvalue weighted by atomic mass is 19.4. The molecule has 5 heteroatoms. The second-order valence-corrected chi connectivity index (χ2v) is 12.7. The van der Waals surface area contributed by atoms with Gasteiger partial charge < -0.3 is 4.90 Å². The molecule has 2 aliphatic heterocycles. The van der Waals surface area contributed by atoms with Crippen molar-refractivity contribution in [3.8, 4) is 22.3 Å². The first kappa shape index (κ1) is 26.0. The van der Waals surface area contributed by atoms with Crippen molar-refractivity contribution in [1.82, 2.24) is 0 Å². The van der Waals surface area contributed by atoms with E-state index in [1.807, 2.05) is 18.2 Å². The van der Waals surface area contributed by atoms with Crippen LogP contribution in [0.3, 0.4) is 0 Å². The second-order valence-electron chi connectivity index (χ2n) is 12.7. The first-order valence-corrected chi connectivity index (χ1v) is 15.7. The number of hydrogen-bond donors (Lipinski definition) is 0. The van der Waals surface area contributed by atoms with Crippen molar-refractivity contribution in [3.05, 3.63) is 161 Å². The SMILES string of the molecule is FC(F)(F)c1ccccc1-c1cc2c3c(c1)N(c1cc4c5c(c1)CC=C1C=CC=C(C=C4)C15)c1ccccc1B3c1ccccc1-2. The highest BCUT2D eigenvalue weighted by Gasteiger charge is 2.43. The van der Waals surface area contributed by atoms with Crippen molar-refractivity contribution in [1.29, 1.82) is 0 Å². The fourth-order valence-corrected chi connectivity index (χ4v) is 8.55. The fourth-order valence-electron chi connectivity index (χ4n) is 8.55. The first-order chi connectivity index (χ1) is 22.5. The van der Waals surface area contributed by atoms with E-state index in [4.69, 9.17) is 0 Å². The summed E-state index contributed by atoms with van der Waals surface area (Å²) < 4.78 is 43.1. The molecule has 1 nitrogen and oxygen atoms in total. The number of fused-ring (bicyclic) bond motifs is 5. The number of anilines is 3. The van der Waals surface area contributed by atoms with Gasteiger partial charge in [-0.15, -0.1) is 0 Å². The van der Waals surface area contributed by atoms with Gasteiger partial charge in [-0.25, -0.2) is 0 Å². The molecule has 1 atom stereocenters. The molecule has 0 radical (unpaired) electrons. The number of rotatable bonds is 2. The van der Waals surface area contributed by atoms with Crippen molar-refractivity contribution >= 4 is 46.2 Å². The van der Waals surface area contributed by atoms with Gasteiger partial charge in [-0.2, -0.15) is 13.2 Å². The van der Waals surface area contributed by atoms with E-state index in [9.17, 15) is 13.2 Å². The van der Waals surface area contributed by atoms with Crippen molar-refractivity contribution in [2.24, 2.45) is 0 Å². The number of allylic oxidation sites excluding steroid dienone is 7. The molecule has 5 aromatic carbocycles. The molecule has 5 aliphatic rings. The van der Waals surface area contributed by atoms with Gasteiger partial charge in [0.2, 0.25) is 6.71 Å².